The van der Waals surface area contributed by atoms with E-state index in [4.69, 9.17) is 10.7 Å². The van der Waals surface area contributed by atoms with Crippen molar-refractivity contribution in [3.05, 3.63) is 34.7 Å². The van der Waals surface area contributed by atoms with Gasteiger partial charge in [-0.1, -0.05) is 44.4 Å². The average Bonchev–Trinajstić information content (AvgIpc) is 2.97. The minimum absolute atomic E-state index is 0.664. The molecular weight excluding hydrogens is 264 g/mol. The van der Waals surface area contributed by atoms with Crippen LogP contribution < -0.4 is 5.73 Å². The van der Waals surface area contributed by atoms with Gasteiger partial charge in [0, 0.05) is 22.5 Å². The highest BCUT2D eigenvalue weighted by molar-refractivity contribution is 7.10. The Hall–Kier alpha value is -1.35. The van der Waals surface area contributed by atoms with Crippen molar-refractivity contribution in [2.75, 3.05) is 5.73 Å². The van der Waals surface area contributed by atoms with Crippen LogP contribution in [0, 0.1) is 5.92 Å². The quantitative estimate of drug-likeness (QED) is 0.799. The standard InChI is InChI=1S/C17H22N2S/c1-2-12-6-5-7-13(10-12)17-19-16(11-20-17)14-8-3-4-9-15(14)18/h3-4,8-9,11-13H,2,5-7,10,18H2,1H3. The molecule has 0 bridgehead atoms. The number of para-hydroxylation sites is 1. The van der Waals surface area contributed by atoms with Crippen LogP contribution in [0.4, 0.5) is 5.69 Å². The van der Waals surface area contributed by atoms with Gasteiger partial charge in [-0.25, -0.2) is 4.98 Å². The highest BCUT2D eigenvalue weighted by atomic mass is 32.1. The maximum absolute atomic E-state index is 6.05. The molecule has 2 aromatic rings. The highest BCUT2D eigenvalue weighted by Gasteiger charge is 2.24. The fourth-order valence-electron chi connectivity index (χ4n) is 3.22. The van der Waals surface area contributed by atoms with Crippen LogP contribution in [-0.2, 0) is 0 Å². The Morgan fingerprint density at radius 3 is 2.95 bits per heavy atom. The first-order valence-corrected chi connectivity index (χ1v) is 8.46. The second-order valence-electron chi connectivity index (χ2n) is 5.80. The van der Waals surface area contributed by atoms with E-state index in [0.29, 0.717) is 5.92 Å². The molecule has 1 aromatic heterocycles. The number of thiazole rings is 1. The summed E-state index contributed by atoms with van der Waals surface area (Å²) in [5, 5.41) is 3.47. The van der Waals surface area contributed by atoms with Gasteiger partial charge in [0.25, 0.3) is 0 Å². The summed E-state index contributed by atoms with van der Waals surface area (Å²) in [5.41, 5.74) is 8.98. The van der Waals surface area contributed by atoms with Crippen molar-refractivity contribution in [3.63, 3.8) is 0 Å². The number of hydrogen-bond acceptors (Lipinski definition) is 3. The van der Waals surface area contributed by atoms with Crippen LogP contribution in [0.15, 0.2) is 29.6 Å². The summed E-state index contributed by atoms with van der Waals surface area (Å²) in [4.78, 5) is 4.87. The molecule has 1 heterocycles. The molecule has 2 nitrogen and oxygen atoms in total. The molecule has 1 aliphatic rings. The fourth-order valence-corrected chi connectivity index (χ4v) is 4.18. The van der Waals surface area contributed by atoms with Crippen molar-refractivity contribution in [1.82, 2.24) is 4.98 Å². The lowest BCUT2D eigenvalue weighted by molar-refractivity contribution is 0.314. The monoisotopic (exact) mass is 286 g/mol. The van der Waals surface area contributed by atoms with Gasteiger partial charge in [0.2, 0.25) is 0 Å². The topological polar surface area (TPSA) is 38.9 Å². The molecule has 1 aromatic carbocycles. The lowest BCUT2D eigenvalue weighted by Crippen LogP contribution is -2.13. The van der Waals surface area contributed by atoms with Crippen molar-refractivity contribution in [3.8, 4) is 11.3 Å². The third kappa shape index (κ3) is 2.73. The molecule has 0 spiro atoms. The number of hydrogen-bond donors (Lipinski definition) is 1. The van der Waals surface area contributed by atoms with Gasteiger partial charge in [-0.2, -0.15) is 0 Å². The highest BCUT2D eigenvalue weighted by Crippen LogP contribution is 2.40. The molecule has 0 radical (unpaired) electrons. The molecule has 106 valence electrons. The van der Waals surface area contributed by atoms with Crippen LogP contribution in [0.5, 0.6) is 0 Å². The van der Waals surface area contributed by atoms with Crippen molar-refractivity contribution in [2.45, 2.75) is 44.9 Å². The Balaban J connectivity index is 1.82. The molecular formula is C17H22N2S. The average molecular weight is 286 g/mol. The number of rotatable bonds is 3. The van der Waals surface area contributed by atoms with Gasteiger partial charge in [0.15, 0.2) is 0 Å². The fraction of sp³-hybridized carbons (Fsp3) is 0.471. The number of nitrogens with zero attached hydrogens (tertiary/aromatic N) is 1. The van der Waals surface area contributed by atoms with Gasteiger partial charge in [-0.05, 0) is 24.8 Å². The van der Waals surface area contributed by atoms with Crippen LogP contribution in [-0.4, -0.2) is 4.98 Å². The van der Waals surface area contributed by atoms with Crippen LogP contribution >= 0.6 is 11.3 Å². The molecule has 3 heteroatoms. The van der Waals surface area contributed by atoms with E-state index in [1.807, 2.05) is 18.2 Å². The summed E-state index contributed by atoms with van der Waals surface area (Å²) in [6.07, 6.45) is 6.67. The molecule has 3 rings (SSSR count). The van der Waals surface area contributed by atoms with Gasteiger partial charge >= 0.3 is 0 Å². The zero-order valence-corrected chi connectivity index (χ0v) is 12.8. The lowest BCUT2D eigenvalue weighted by Gasteiger charge is -2.26. The minimum atomic E-state index is 0.664. The zero-order valence-electron chi connectivity index (χ0n) is 12.0. The predicted octanol–water partition coefficient (Wildman–Crippen LogP) is 5.08. The number of aromatic nitrogens is 1. The second-order valence-corrected chi connectivity index (χ2v) is 6.69. The molecule has 0 saturated heterocycles. The third-order valence-corrected chi connectivity index (χ3v) is 5.48. The van der Waals surface area contributed by atoms with E-state index in [0.717, 1.165) is 22.9 Å². The summed E-state index contributed by atoms with van der Waals surface area (Å²) >= 11 is 1.81. The van der Waals surface area contributed by atoms with E-state index in [-0.39, 0.29) is 0 Å². The maximum atomic E-state index is 6.05. The smallest absolute Gasteiger partial charge is 0.0963 e. The summed E-state index contributed by atoms with van der Waals surface area (Å²) in [7, 11) is 0. The molecule has 1 fully saturated rings. The van der Waals surface area contributed by atoms with Crippen molar-refractivity contribution < 1.29 is 0 Å². The lowest BCUT2D eigenvalue weighted by atomic mass is 9.80. The van der Waals surface area contributed by atoms with Gasteiger partial charge in [-0.3, -0.25) is 0 Å². The Morgan fingerprint density at radius 2 is 2.15 bits per heavy atom. The van der Waals surface area contributed by atoms with Crippen molar-refractivity contribution >= 4 is 17.0 Å². The number of anilines is 1. The predicted molar refractivity (Wildman–Crippen MR) is 87.0 cm³/mol. The molecule has 0 aliphatic heterocycles. The van der Waals surface area contributed by atoms with Crippen molar-refractivity contribution in [2.24, 2.45) is 5.92 Å². The van der Waals surface area contributed by atoms with Crippen LogP contribution in [0.2, 0.25) is 0 Å². The molecule has 1 aliphatic carbocycles. The SMILES string of the molecule is CCC1CCCC(c2nc(-c3ccccc3N)cs2)C1. The normalized spacial score (nSPS) is 22.9. The first kappa shape index (κ1) is 13.6. The molecule has 1 saturated carbocycles. The molecule has 2 unspecified atom stereocenters. The number of nitrogen functional groups attached to an aromatic ring is 1. The first-order chi connectivity index (χ1) is 9.78. The molecule has 0 amide bonds. The first-order valence-electron chi connectivity index (χ1n) is 7.58. The van der Waals surface area contributed by atoms with E-state index in [1.165, 1.54) is 37.1 Å². The zero-order chi connectivity index (χ0) is 13.9. The number of benzene rings is 1. The van der Waals surface area contributed by atoms with E-state index in [1.54, 1.807) is 11.3 Å². The second kappa shape index (κ2) is 5.96. The minimum Gasteiger partial charge on any atom is -0.398 e. The van der Waals surface area contributed by atoms with Crippen LogP contribution in [0.1, 0.15) is 50.0 Å². The van der Waals surface area contributed by atoms with Crippen molar-refractivity contribution in [1.29, 1.82) is 0 Å². The Kier molecular flexibility index (Phi) is 4.06. The summed E-state index contributed by atoms with van der Waals surface area (Å²) < 4.78 is 0. The molecule has 2 N–H and O–H groups in total. The number of nitrogens with two attached hydrogens (primary N) is 1. The van der Waals surface area contributed by atoms with Gasteiger partial charge in [-0.15, -0.1) is 11.3 Å². The summed E-state index contributed by atoms with van der Waals surface area (Å²) in [6.45, 7) is 2.31. The Bertz CT molecular complexity index is 576. The van der Waals surface area contributed by atoms with E-state index < -0.39 is 0 Å². The van der Waals surface area contributed by atoms with E-state index in [2.05, 4.69) is 18.4 Å². The maximum Gasteiger partial charge on any atom is 0.0963 e. The Labute approximate surface area is 125 Å². The Morgan fingerprint density at radius 1 is 1.30 bits per heavy atom. The molecule has 20 heavy (non-hydrogen) atoms. The molecule has 2 atom stereocenters. The van der Waals surface area contributed by atoms with Gasteiger partial charge in [0.05, 0.1) is 10.7 Å². The summed E-state index contributed by atoms with van der Waals surface area (Å²) in [6, 6.07) is 8.00. The third-order valence-electron chi connectivity index (χ3n) is 4.47. The van der Waals surface area contributed by atoms with E-state index in [9.17, 15) is 0 Å². The van der Waals surface area contributed by atoms with Crippen LogP contribution in [0.25, 0.3) is 11.3 Å². The van der Waals surface area contributed by atoms with Gasteiger partial charge < -0.3 is 5.73 Å². The van der Waals surface area contributed by atoms with Crippen LogP contribution in [0.3, 0.4) is 0 Å². The summed E-state index contributed by atoms with van der Waals surface area (Å²) in [5.74, 6) is 1.56. The van der Waals surface area contributed by atoms with Gasteiger partial charge in [0.1, 0.15) is 0 Å². The van der Waals surface area contributed by atoms with E-state index >= 15 is 0 Å². The largest absolute Gasteiger partial charge is 0.398 e.